The summed E-state index contributed by atoms with van der Waals surface area (Å²) in [6, 6.07) is 15.2. The standard InChI is InChI=1S/C21H19N3O3/c1-14-12-24(19-8-6-16(11-22)7-9-19)20(26)13-23(14)21(27)18-5-3-4-17(10-18)15(2)25/h3-10,14H,12-13H2,1-2H3/t14-/m1/s1. The minimum Gasteiger partial charge on any atom is -0.325 e. The summed E-state index contributed by atoms with van der Waals surface area (Å²) in [5.74, 6) is -0.563. The topological polar surface area (TPSA) is 81.5 Å². The van der Waals surface area contributed by atoms with Gasteiger partial charge in [0.25, 0.3) is 5.91 Å². The number of anilines is 1. The van der Waals surface area contributed by atoms with Crippen LogP contribution in [0.15, 0.2) is 48.5 Å². The first kappa shape index (κ1) is 18.3. The van der Waals surface area contributed by atoms with E-state index in [2.05, 4.69) is 0 Å². The predicted molar refractivity (Wildman–Crippen MR) is 100 cm³/mol. The van der Waals surface area contributed by atoms with Crippen LogP contribution in [0.25, 0.3) is 0 Å². The minimum absolute atomic E-state index is 0.0374. The van der Waals surface area contributed by atoms with E-state index in [9.17, 15) is 14.4 Å². The third-order valence-corrected chi connectivity index (χ3v) is 4.67. The van der Waals surface area contributed by atoms with E-state index >= 15 is 0 Å². The number of nitriles is 1. The molecule has 1 aliphatic rings. The van der Waals surface area contributed by atoms with E-state index in [4.69, 9.17) is 5.26 Å². The van der Waals surface area contributed by atoms with E-state index in [0.717, 1.165) is 0 Å². The Morgan fingerprint density at radius 1 is 1.11 bits per heavy atom. The first-order valence-corrected chi connectivity index (χ1v) is 8.63. The maximum atomic E-state index is 12.9. The highest BCUT2D eigenvalue weighted by atomic mass is 16.2. The Morgan fingerprint density at radius 2 is 1.78 bits per heavy atom. The molecule has 2 amide bonds. The summed E-state index contributed by atoms with van der Waals surface area (Å²) >= 11 is 0. The summed E-state index contributed by atoms with van der Waals surface area (Å²) in [5, 5.41) is 8.89. The van der Waals surface area contributed by atoms with Crippen LogP contribution >= 0.6 is 0 Å². The van der Waals surface area contributed by atoms with Crippen LogP contribution in [0.2, 0.25) is 0 Å². The molecule has 1 saturated heterocycles. The second-order valence-corrected chi connectivity index (χ2v) is 6.58. The van der Waals surface area contributed by atoms with E-state index in [1.165, 1.54) is 11.8 Å². The fraction of sp³-hybridized carbons (Fsp3) is 0.238. The lowest BCUT2D eigenvalue weighted by atomic mass is 10.0. The first-order chi connectivity index (χ1) is 12.9. The summed E-state index contributed by atoms with van der Waals surface area (Å²) in [7, 11) is 0. The number of Topliss-reactive ketones (excluding diaryl/α,β-unsaturated/α-hetero) is 1. The van der Waals surface area contributed by atoms with Gasteiger partial charge in [0.05, 0.1) is 11.6 Å². The van der Waals surface area contributed by atoms with E-state index in [0.29, 0.717) is 28.9 Å². The molecule has 0 bridgehead atoms. The number of amides is 2. The van der Waals surface area contributed by atoms with Crippen molar-refractivity contribution in [2.24, 2.45) is 0 Å². The largest absolute Gasteiger partial charge is 0.325 e. The average Bonchev–Trinajstić information content (AvgIpc) is 2.69. The number of hydrogen-bond donors (Lipinski definition) is 0. The third kappa shape index (κ3) is 3.72. The molecule has 1 heterocycles. The molecule has 2 aromatic carbocycles. The second-order valence-electron chi connectivity index (χ2n) is 6.58. The van der Waals surface area contributed by atoms with Crippen molar-refractivity contribution in [3.05, 3.63) is 65.2 Å². The van der Waals surface area contributed by atoms with Crippen LogP contribution in [0, 0.1) is 11.3 Å². The van der Waals surface area contributed by atoms with Gasteiger partial charge in [-0.25, -0.2) is 0 Å². The molecule has 27 heavy (non-hydrogen) atoms. The molecule has 0 N–H and O–H groups in total. The highest BCUT2D eigenvalue weighted by Crippen LogP contribution is 2.22. The van der Waals surface area contributed by atoms with Gasteiger partial charge < -0.3 is 9.80 Å². The monoisotopic (exact) mass is 361 g/mol. The van der Waals surface area contributed by atoms with Gasteiger partial charge in [0.1, 0.15) is 6.54 Å². The average molecular weight is 361 g/mol. The van der Waals surface area contributed by atoms with Gasteiger partial charge >= 0.3 is 0 Å². The fourth-order valence-electron chi connectivity index (χ4n) is 3.13. The van der Waals surface area contributed by atoms with Gasteiger partial charge in [-0.05, 0) is 50.2 Å². The zero-order valence-corrected chi connectivity index (χ0v) is 15.2. The molecule has 6 heteroatoms. The molecule has 0 spiro atoms. The SMILES string of the molecule is CC(=O)c1cccc(C(=O)N2CC(=O)N(c3ccc(C#N)cc3)C[C@H]2C)c1. The molecule has 0 unspecified atom stereocenters. The zero-order valence-electron chi connectivity index (χ0n) is 15.2. The van der Waals surface area contributed by atoms with Gasteiger partial charge in [-0.2, -0.15) is 5.26 Å². The molecule has 0 aromatic heterocycles. The van der Waals surface area contributed by atoms with Gasteiger partial charge in [0.15, 0.2) is 5.78 Å². The highest BCUT2D eigenvalue weighted by Gasteiger charge is 2.33. The van der Waals surface area contributed by atoms with Gasteiger partial charge in [0.2, 0.25) is 5.91 Å². The Labute approximate surface area is 157 Å². The van der Waals surface area contributed by atoms with Crippen LogP contribution in [0.1, 0.15) is 40.1 Å². The molecule has 136 valence electrons. The lowest BCUT2D eigenvalue weighted by molar-refractivity contribution is -0.121. The summed E-state index contributed by atoms with van der Waals surface area (Å²) in [6.45, 7) is 3.66. The van der Waals surface area contributed by atoms with Crippen molar-refractivity contribution in [2.75, 3.05) is 18.0 Å². The molecule has 1 atom stereocenters. The van der Waals surface area contributed by atoms with Crippen molar-refractivity contribution >= 4 is 23.3 Å². The molecule has 0 saturated carbocycles. The number of benzene rings is 2. The van der Waals surface area contributed by atoms with E-state index in [1.807, 2.05) is 13.0 Å². The molecular formula is C21H19N3O3. The molecule has 0 aliphatic carbocycles. The van der Waals surface area contributed by atoms with Crippen molar-refractivity contribution < 1.29 is 14.4 Å². The maximum Gasteiger partial charge on any atom is 0.254 e. The number of carbonyl (C=O) groups is 3. The van der Waals surface area contributed by atoms with Crippen LogP contribution < -0.4 is 4.90 Å². The normalized spacial score (nSPS) is 16.8. The number of nitrogens with zero attached hydrogens (tertiary/aromatic N) is 3. The molecule has 2 aromatic rings. The Balaban J connectivity index is 1.79. The molecule has 1 aliphatic heterocycles. The summed E-state index contributed by atoms with van der Waals surface area (Å²) in [5.41, 5.74) is 2.10. The minimum atomic E-state index is -0.265. The van der Waals surface area contributed by atoms with Gasteiger partial charge in [0, 0.05) is 29.4 Å². The molecule has 0 radical (unpaired) electrons. The van der Waals surface area contributed by atoms with E-state index < -0.39 is 0 Å². The second kappa shape index (κ2) is 7.42. The zero-order chi connectivity index (χ0) is 19.6. The Hall–Kier alpha value is -3.46. The van der Waals surface area contributed by atoms with E-state index in [-0.39, 0.29) is 30.2 Å². The van der Waals surface area contributed by atoms with Crippen molar-refractivity contribution in [1.82, 2.24) is 4.90 Å². The molecular weight excluding hydrogens is 342 g/mol. The number of rotatable bonds is 3. The smallest absolute Gasteiger partial charge is 0.254 e. The summed E-state index contributed by atoms with van der Waals surface area (Å²) < 4.78 is 0. The lowest BCUT2D eigenvalue weighted by Gasteiger charge is -2.39. The number of hydrogen-bond acceptors (Lipinski definition) is 4. The number of ketones is 1. The van der Waals surface area contributed by atoms with Crippen molar-refractivity contribution in [1.29, 1.82) is 5.26 Å². The Bertz CT molecular complexity index is 944. The summed E-state index contributed by atoms with van der Waals surface area (Å²) in [6.07, 6.45) is 0. The summed E-state index contributed by atoms with van der Waals surface area (Å²) in [4.78, 5) is 40.2. The van der Waals surface area contributed by atoms with Crippen LogP contribution in [-0.2, 0) is 4.79 Å². The molecule has 6 nitrogen and oxygen atoms in total. The number of carbonyl (C=O) groups excluding carboxylic acids is 3. The van der Waals surface area contributed by atoms with Crippen LogP contribution in [0.5, 0.6) is 0 Å². The van der Waals surface area contributed by atoms with E-state index in [1.54, 1.807) is 53.4 Å². The van der Waals surface area contributed by atoms with Gasteiger partial charge in [-0.15, -0.1) is 0 Å². The highest BCUT2D eigenvalue weighted by molar-refractivity contribution is 6.03. The number of piperazine rings is 1. The van der Waals surface area contributed by atoms with Crippen LogP contribution in [0.4, 0.5) is 5.69 Å². The van der Waals surface area contributed by atoms with Crippen molar-refractivity contribution in [2.45, 2.75) is 19.9 Å². The predicted octanol–water partition coefficient (Wildman–Crippen LogP) is 2.64. The lowest BCUT2D eigenvalue weighted by Crippen LogP contribution is -2.57. The molecule has 1 fully saturated rings. The molecule has 3 rings (SSSR count). The van der Waals surface area contributed by atoms with Crippen molar-refractivity contribution in [3.63, 3.8) is 0 Å². The Kier molecular flexibility index (Phi) is 5.04. The first-order valence-electron chi connectivity index (χ1n) is 8.63. The van der Waals surface area contributed by atoms with Gasteiger partial charge in [-0.3, -0.25) is 14.4 Å². The third-order valence-electron chi connectivity index (χ3n) is 4.67. The fourth-order valence-corrected chi connectivity index (χ4v) is 3.13. The Morgan fingerprint density at radius 3 is 2.41 bits per heavy atom. The van der Waals surface area contributed by atoms with Gasteiger partial charge in [-0.1, -0.05) is 12.1 Å². The maximum absolute atomic E-state index is 12.9. The quantitative estimate of drug-likeness (QED) is 0.787. The van der Waals surface area contributed by atoms with Crippen molar-refractivity contribution in [3.8, 4) is 6.07 Å². The van der Waals surface area contributed by atoms with Crippen LogP contribution in [-0.4, -0.2) is 41.6 Å². The van der Waals surface area contributed by atoms with Crippen LogP contribution in [0.3, 0.4) is 0 Å².